The first-order valence-corrected chi connectivity index (χ1v) is 20.2. The molecule has 0 aliphatic carbocycles. The lowest BCUT2D eigenvalue weighted by atomic mass is 9.93. The van der Waals surface area contributed by atoms with E-state index in [9.17, 15) is 0 Å². The van der Waals surface area contributed by atoms with Gasteiger partial charge in [-0.2, -0.15) is 0 Å². The quantitative estimate of drug-likeness (QED) is 0.158. The molecule has 0 saturated carbocycles. The van der Waals surface area contributed by atoms with Gasteiger partial charge in [0.05, 0.1) is 16.7 Å². The van der Waals surface area contributed by atoms with Crippen LogP contribution in [0.1, 0.15) is 0 Å². The van der Waals surface area contributed by atoms with Crippen LogP contribution < -0.4 is 4.90 Å². The van der Waals surface area contributed by atoms with Crippen LogP contribution in [-0.4, -0.2) is 4.57 Å². The summed E-state index contributed by atoms with van der Waals surface area (Å²) in [5.74, 6) is 0. The van der Waals surface area contributed by atoms with E-state index >= 15 is 0 Å². The molecule has 3 heteroatoms. The van der Waals surface area contributed by atoms with E-state index in [0.717, 1.165) is 55.8 Å². The highest BCUT2D eigenvalue weighted by Gasteiger charge is 2.23. The molecule has 0 aliphatic rings. The lowest BCUT2D eigenvalue weighted by Crippen LogP contribution is -2.11. The topological polar surface area (TPSA) is 21.3 Å². The van der Waals surface area contributed by atoms with Crippen molar-refractivity contribution in [2.24, 2.45) is 0 Å². The fraction of sp³-hybridized carbons (Fsp3) is 0. The van der Waals surface area contributed by atoms with Crippen LogP contribution in [0.3, 0.4) is 0 Å². The summed E-state index contributed by atoms with van der Waals surface area (Å²) >= 11 is 0. The SMILES string of the molecule is c1ccc(N(c2ccc(-c3cc4ccccc4c4ccccc34)cc2)c2ccc3c(oc4ccccc43)c2-c2ccc(-n3c4ccccc4c4ccccc43)cc2)cc1. The summed E-state index contributed by atoms with van der Waals surface area (Å²) in [4.78, 5) is 2.37. The van der Waals surface area contributed by atoms with Gasteiger partial charge in [0.25, 0.3) is 0 Å². The van der Waals surface area contributed by atoms with Gasteiger partial charge in [0.1, 0.15) is 11.2 Å². The minimum atomic E-state index is 0.869. The van der Waals surface area contributed by atoms with E-state index in [1.807, 2.05) is 6.07 Å². The number of benzene rings is 10. The van der Waals surface area contributed by atoms with E-state index in [1.54, 1.807) is 0 Å². The number of fused-ring (bicyclic) bond motifs is 9. The fourth-order valence-corrected chi connectivity index (χ4v) is 9.31. The van der Waals surface area contributed by atoms with E-state index in [2.05, 4.69) is 222 Å². The summed E-state index contributed by atoms with van der Waals surface area (Å²) in [6.07, 6.45) is 0. The molecule has 2 heterocycles. The predicted octanol–water partition coefficient (Wildman–Crippen LogP) is 15.8. The Morgan fingerprint density at radius 3 is 1.66 bits per heavy atom. The molecule has 0 atom stereocenters. The Kier molecular flexibility index (Phi) is 7.54. The van der Waals surface area contributed by atoms with Crippen molar-refractivity contribution in [1.29, 1.82) is 0 Å². The fourth-order valence-electron chi connectivity index (χ4n) is 9.31. The van der Waals surface area contributed by atoms with Gasteiger partial charge >= 0.3 is 0 Å². The van der Waals surface area contributed by atoms with Crippen molar-refractivity contribution in [3.8, 4) is 27.9 Å². The standard InChI is InChI=1S/C56H36N2O/c1-2-15-40(16-3-1)57(41-30-26-37(27-31-41)50-36-39-14-4-5-17-43(39)44-18-6-7-19-45(44)50)53-35-34-49-48-22-10-13-25-54(48)59-56(49)55(53)38-28-32-42(33-29-38)58-51-23-11-8-20-46(51)47-21-9-12-24-52(47)58/h1-36H. The average molecular weight is 753 g/mol. The minimum Gasteiger partial charge on any atom is -0.455 e. The Morgan fingerprint density at radius 1 is 0.373 bits per heavy atom. The zero-order valence-corrected chi connectivity index (χ0v) is 32.1. The molecular formula is C56H36N2O. The maximum Gasteiger partial charge on any atom is 0.145 e. The third kappa shape index (κ3) is 5.29. The summed E-state index contributed by atoms with van der Waals surface area (Å²) < 4.78 is 9.21. The average Bonchev–Trinajstić information content (AvgIpc) is 3.85. The Hall–Kier alpha value is -7.88. The molecule has 0 bridgehead atoms. The Bertz CT molecular complexity index is 3490. The summed E-state index contributed by atoms with van der Waals surface area (Å²) in [5, 5.41) is 9.73. The summed E-state index contributed by atoms with van der Waals surface area (Å²) in [6.45, 7) is 0. The Balaban J connectivity index is 1.05. The lowest BCUT2D eigenvalue weighted by molar-refractivity contribution is 0.670. The number of aromatic nitrogens is 1. The molecule has 2 aromatic heterocycles. The predicted molar refractivity (Wildman–Crippen MR) is 249 cm³/mol. The van der Waals surface area contributed by atoms with Crippen LogP contribution in [0.15, 0.2) is 223 Å². The van der Waals surface area contributed by atoms with E-state index in [4.69, 9.17) is 4.42 Å². The number of furan rings is 1. The van der Waals surface area contributed by atoms with Crippen LogP contribution in [0, 0.1) is 0 Å². The molecule has 0 spiro atoms. The van der Waals surface area contributed by atoms with Gasteiger partial charge in [0.15, 0.2) is 0 Å². The molecule has 0 fully saturated rings. The molecular weight excluding hydrogens is 717 g/mol. The molecule has 3 nitrogen and oxygen atoms in total. The highest BCUT2D eigenvalue weighted by molar-refractivity contribution is 6.15. The van der Waals surface area contributed by atoms with E-state index in [0.29, 0.717) is 0 Å². The molecule has 59 heavy (non-hydrogen) atoms. The highest BCUT2D eigenvalue weighted by Crippen LogP contribution is 2.47. The number of nitrogens with zero attached hydrogens (tertiary/aromatic N) is 2. The van der Waals surface area contributed by atoms with Crippen LogP contribution in [0.25, 0.3) is 93.2 Å². The van der Waals surface area contributed by atoms with Crippen molar-refractivity contribution >= 4 is 82.4 Å². The largest absolute Gasteiger partial charge is 0.455 e. The van der Waals surface area contributed by atoms with E-state index in [-0.39, 0.29) is 0 Å². The first-order valence-electron chi connectivity index (χ1n) is 20.2. The normalized spacial score (nSPS) is 11.7. The van der Waals surface area contributed by atoms with Crippen molar-refractivity contribution in [1.82, 2.24) is 4.57 Å². The Labute approximate surface area is 341 Å². The van der Waals surface area contributed by atoms with Gasteiger partial charge in [-0.15, -0.1) is 0 Å². The molecule has 0 radical (unpaired) electrons. The molecule has 0 aliphatic heterocycles. The molecule has 12 aromatic rings. The Morgan fingerprint density at radius 2 is 0.932 bits per heavy atom. The second kappa shape index (κ2) is 13.4. The summed E-state index contributed by atoms with van der Waals surface area (Å²) in [6, 6.07) is 78.6. The maximum absolute atomic E-state index is 6.84. The van der Waals surface area contributed by atoms with Crippen molar-refractivity contribution in [3.63, 3.8) is 0 Å². The second-order valence-corrected chi connectivity index (χ2v) is 15.3. The van der Waals surface area contributed by atoms with Crippen molar-refractivity contribution < 1.29 is 4.42 Å². The molecule has 0 amide bonds. The van der Waals surface area contributed by atoms with Gasteiger partial charge in [0.2, 0.25) is 0 Å². The lowest BCUT2D eigenvalue weighted by Gasteiger charge is -2.28. The zero-order valence-electron chi connectivity index (χ0n) is 32.1. The van der Waals surface area contributed by atoms with Crippen LogP contribution >= 0.6 is 0 Å². The minimum absolute atomic E-state index is 0.869. The molecule has 0 N–H and O–H groups in total. The van der Waals surface area contributed by atoms with Crippen LogP contribution in [-0.2, 0) is 0 Å². The van der Waals surface area contributed by atoms with Gasteiger partial charge in [-0.3, -0.25) is 0 Å². The number of rotatable bonds is 6. The van der Waals surface area contributed by atoms with E-state index in [1.165, 1.54) is 54.5 Å². The van der Waals surface area contributed by atoms with Crippen LogP contribution in [0.5, 0.6) is 0 Å². The molecule has 0 saturated heterocycles. The maximum atomic E-state index is 6.84. The van der Waals surface area contributed by atoms with Gasteiger partial charge in [-0.25, -0.2) is 0 Å². The third-order valence-corrected chi connectivity index (χ3v) is 12.0. The first-order chi connectivity index (χ1) is 29.3. The van der Waals surface area contributed by atoms with Gasteiger partial charge in [0, 0.05) is 44.2 Å². The van der Waals surface area contributed by atoms with Gasteiger partial charge < -0.3 is 13.9 Å². The van der Waals surface area contributed by atoms with Crippen molar-refractivity contribution in [2.45, 2.75) is 0 Å². The summed E-state index contributed by atoms with van der Waals surface area (Å²) in [7, 11) is 0. The summed E-state index contributed by atoms with van der Waals surface area (Å²) in [5.41, 5.74) is 12.9. The third-order valence-electron chi connectivity index (χ3n) is 12.0. The van der Waals surface area contributed by atoms with Gasteiger partial charge in [-0.1, -0.05) is 146 Å². The van der Waals surface area contributed by atoms with Crippen LogP contribution in [0.4, 0.5) is 17.1 Å². The molecule has 10 aromatic carbocycles. The van der Waals surface area contributed by atoms with Crippen LogP contribution in [0.2, 0.25) is 0 Å². The molecule has 0 unspecified atom stereocenters. The number of anilines is 3. The van der Waals surface area contributed by atoms with E-state index < -0.39 is 0 Å². The van der Waals surface area contributed by atoms with Crippen molar-refractivity contribution in [3.05, 3.63) is 218 Å². The van der Waals surface area contributed by atoms with Crippen molar-refractivity contribution in [2.75, 3.05) is 4.90 Å². The number of hydrogen-bond donors (Lipinski definition) is 0. The highest BCUT2D eigenvalue weighted by atomic mass is 16.3. The first kappa shape index (κ1) is 33.3. The monoisotopic (exact) mass is 752 g/mol. The second-order valence-electron chi connectivity index (χ2n) is 15.3. The number of para-hydroxylation sites is 4. The zero-order chi connectivity index (χ0) is 38.9. The van der Waals surface area contributed by atoms with Gasteiger partial charge in [-0.05, 0) is 111 Å². The smallest absolute Gasteiger partial charge is 0.145 e. The molecule has 276 valence electrons. The molecule has 12 rings (SSSR count). The number of hydrogen-bond acceptors (Lipinski definition) is 2.